The Morgan fingerprint density at radius 2 is 1.93 bits per heavy atom. The standard InChI is InChI=1S/C13H25NS/c1-10-4-6-11(7-5-10)12(14)13(2)8-3-9-15-13/h10-12H,3-9,14H2,1-2H3. The summed E-state index contributed by atoms with van der Waals surface area (Å²) in [7, 11) is 0. The molecule has 1 saturated heterocycles. The van der Waals surface area contributed by atoms with Gasteiger partial charge in [-0.1, -0.05) is 19.8 Å². The van der Waals surface area contributed by atoms with Crippen LogP contribution in [0.5, 0.6) is 0 Å². The summed E-state index contributed by atoms with van der Waals surface area (Å²) >= 11 is 2.12. The highest BCUT2D eigenvalue weighted by Crippen LogP contribution is 2.44. The Hall–Kier alpha value is 0.310. The van der Waals surface area contributed by atoms with E-state index >= 15 is 0 Å². The lowest BCUT2D eigenvalue weighted by atomic mass is 9.75. The van der Waals surface area contributed by atoms with Crippen molar-refractivity contribution >= 4 is 11.8 Å². The van der Waals surface area contributed by atoms with Crippen LogP contribution in [0, 0.1) is 11.8 Å². The minimum atomic E-state index is 0.394. The zero-order valence-electron chi connectivity index (χ0n) is 10.2. The lowest BCUT2D eigenvalue weighted by molar-refractivity contribution is 0.229. The van der Waals surface area contributed by atoms with Gasteiger partial charge in [-0.05, 0) is 50.2 Å². The summed E-state index contributed by atoms with van der Waals surface area (Å²) in [5, 5.41) is 0. The smallest absolute Gasteiger partial charge is 0.0285 e. The van der Waals surface area contributed by atoms with Crippen LogP contribution >= 0.6 is 11.8 Å². The van der Waals surface area contributed by atoms with E-state index in [0.29, 0.717) is 10.8 Å². The monoisotopic (exact) mass is 227 g/mol. The van der Waals surface area contributed by atoms with Gasteiger partial charge in [0.05, 0.1) is 0 Å². The minimum Gasteiger partial charge on any atom is -0.326 e. The van der Waals surface area contributed by atoms with Crippen molar-refractivity contribution in [3.8, 4) is 0 Å². The first-order chi connectivity index (χ1) is 7.12. The molecule has 2 N–H and O–H groups in total. The Morgan fingerprint density at radius 1 is 1.27 bits per heavy atom. The molecule has 2 fully saturated rings. The van der Waals surface area contributed by atoms with Gasteiger partial charge < -0.3 is 5.73 Å². The van der Waals surface area contributed by atoms with Crippen LogP contribution in [0.2, 0.25) is 0 Å². The summed E-state index contributed by atoms with van der Waals surface area (Å²) in [5.74, 6) is 3.07. The van der Waals surface area contributed by atoms with E-state index in [0.717, 1.165) is 11.8 Å². The molecule has 15 heavy (non-hydrogen) atoms. The molecule has 0 radical (unpaired) electrons. The molecule has 0 spiro atoms. The first-order valence-electron chi connectivity index (χ1n) is 6.51. The van der Waals surface area contributed by atoms with Gasteiger partial charge in [0.1, 0.15) is 0 Å². The minimum absolute atomic E-state index is 0.394. The zero-order valence-corrected chi connectivity index (χ0v) is 11.0. The summed E-state index contributed by atoms with van der Waals surface area (Å²) in [4.78, 5) is 0. The third-order valence-electron chi connectivity index (χ3n) is 4.52. The molecule has 0 amide bonds. The molecule has 1 aliphatic carbocycles. The second-order valence-corrected chi connectivity index (χ2v) is 7.44. The van der Waals surface area contributed by atoms with Crippen LogP contribution in [0.1, 0.15) is 52.4 Å². The van der Waals surface area contributed by atoms with Crippen LogP contribution < -0.4 is 5.73 Å². The Kier molecular flexibility index (Phi) is 3.67. The van der Waals surface area contributed by atoms with Gasteiger partial charge in [-0.15, -0.1) is 0 Å². The Bertz CT molecular complexity index is 203. The molecule has 2 aliphatic rings. The summed E-state index contributed by atoms with van der Waals surface area (Å²) in [6.07, 6.45) is 8.26. The largest absolute Gasteiger partial charge is 0.326 e. The molecule has 2 atom stereocenters. The molecule has 2 heteroatoms. The van der Waals surface area contributed by atoms with E-state index in [1.165, 1.54) is 44.3 Å². The van der Waals surface area contributed by atoms with Crippen molar-refractivity contribution < 1.29 is 0 Å². The second-order valence-electron chi connectivity index (χ2n) is 5.81. The zero-order chi connectivity index (χ0) is 10.9. The summed E-state index contributed by atoms with van der Waals surface area (Å²) < 4.78 is 0.394. The molecule has 1 aliphatic heterocycles. The van der Waals surface area contributed by atoms with Crippen molar-refractivity contribution in [1.82, 2.24) is 0 Å². The van der Waals surface area contributed by atoms with Crippen molar-refractivity contribution in [2.45, 2.75) is 63.2 Å². The molecule has 0 aromatic heterocycles. The fraction of sp³-hybridized carbons (Fsp3) is 1.00. The maximum absolute atomic E-state index is 6.51. The molecule has 1 saturated carbocycles. The van der Waals surface area contributed by atoms with Crippen LogP contribution in [-0.4, -0.2) is 16.5 Å². The van der Waals surface area contributed by atoms with Gasteiger partial charge >= 0.3 is 0 Å². The van der Waals surface area contributed by atoms with E-state index in [1.807, 2.05) is 0 Å². The average Bonchev–Trinajstić information content (AvgIpc) is 2.67. The molecule has 1 heterocycles. The van der Waals surface area contributed by atoms with Crippen LogP contribution in [0.15, 0.2) is 0 Å². The fourth-order valence-electron chi connectivity index (χ4n) is 3.21. The number of thioether (sulfide) groups is 1. The third kappa shape index (κ3) is 2.52. The van der Waals surface area contributed by atoms with Gasteiger partial charge in [0.25, 0.3) is 0 Å². The molecular formula is C13H25NS. The summed E-state index contributed by atoms with van der Waals surface area (Å²) in [6.45, 7) is 4.78. The highest BCUT2D eigenvalue weighted by Gasteiger charge is 2.40. The van der Waals surface area contributed by atoms with Gasteiger partial charge in [-0.2, -0.15) is 11.8 Å². The predicted molar refractivity (Wildman–Crippen MR) is 69.2 cm³/mol. The lowest BCUT2D eigenvalue weighted by Gasteiger charge is -2.39. The van der Waals surface area contributed by atoms with Gasteiger partial charge in [-0.3, -0.25) is 0 Å². The number of hydrogen-bond donors (Lipinski definition) is 1. The van der Waals surface area contributed by atoms with E-state index in [4.69, 9.17) is 5.73 Å². The summed E-state index contributed by atoms with van der Waals surface area (Å²) in [5.41, 5.74) is 6.51. The fourth-order valence-corrected chi connectivity index (χ4v) is 4.64. The highest BCUT2D eigenvalue weighted by molar-refractivity contribution is 8.00. The van der Waals surface area contributed by atoms with E-state index in [9.17, 15) is 0 Å². The van der Waals surface area contributed by atoms with Crippen LogP contribution in [0.25, 0.3) is 0 Å². The van der Waals surface area contributed by atoms with Gasteiger partial charge in [-0.25, -0.2) is 0 Å². The molecule has 0 bridgehead atoms. The molecule has 0 aromatic carbocycles. The first-order valence-corrected chi connectivity index (χ1v) is 7.50. The predicted octanol–water partition coefficient (Wildman–Crippen LogP) is 3.43. The molecule has 0 aromatic rings. The molecule has 2 unspecified atom stereocenters. The van der Waals surface area contributed by atoms with Crippen LogP contribution in [-0.2, 0) is 0 Å². The second kappa shape index (κ2) is 4.67. The van der Waals surface area contributed by atoms with E-state index in [1.54, 1.807) is 0 Å². The number of hydrogen-bond acceptors (Lipinski definition) is 2. The molecule has 2 rings (SSSR count). The topological polar surface area (TPSA) is 26.0 Å². The molecule has 1 nitrogen and oxygen atoms in total. The third-order valence-corrected chi connectivity index (χ3v) is 6.15. The van der Waals surface area contributed by atoms with Crippen LogP contribution in [0.3, 0.4) is 0 Å². The maximum atomic E-state index is 6.51. The average molecular weight is 227 g/mol. The Labute approximate surface area is 98.6 Å². The van der Waals surface area contributed by atoms with E-state index < -0.39 is 0 Å². The van der Waals surface area contributed by atoms with Crippen LogP contribution in [0.4, 0.5) is 0 Å². The SMILES string of the molecule is CC1CCC(C(N)C2(C)CCCS2)CC1. The van der Waals surface area contributed by atoms with Crippen molar-refractivity contribution in [2.24, 2.45) is 17.6 Å². The van der Waals surface area contributed by atoms with Gasteiger partial charge in [0.2, 0.25) is 0 Å². The normalized spacial score (nSPS) is 44.2. The molecular weight excluding hydrogens is 202 g/mol. The Balaban J connectivity index is 1.92. The maximum Gasteiger partial charge on any atom is 0.0285 e. The highest BCUT2D eigenvalue weighted by atomic mass is 32.2. The Morgan fingerprint density at radius 3 is 2.47 bits per heavy atom. The first kappa shape index (κ1) is 11.8. The number of nitrogens with two attached hydrogens (primary N) is 1. The van der Waals surface area contributed by atoms with Gasteiger partial charge in [0.15, 0.2) is 0 Å². The molecule has 88 valence electrons. The quantitative estimate of drug-likeness (QED) is 0.782. The van der Waals surface area contributed by atoms with Crippen molar-refractivity contribution in [1.29, 1.82) is 0 Å². The van der Waals surface area contributed by atoms with Gasteiger partial charge in [0, 0.05) is 10.8 Å². The van der Waals surface area contributed by atoms with E-state index in [-0.39, 0.29) is 0 Å². The number of rotatable bonds is 2. The lowest BCUT2D eigenvalue weighted by Crippen LogP contribution is -2.47. The summed E-state index contributed by atoms with van der Waals surface area (Å²) in [6, 6.07) is 0.442. The van der Waals surface area contributed by atoms with Crippen molar-refractivity contribution in [3.05, 3.63) is 0 Å². The van der Waals surface area contributed by atoms with Crippen molar-refractivity contribution in [2.75, 3.05) is 5.75 Å². The van der Waals surface area contributed by atoms with Crippen molar-refractivity contribution in [3.63, 3.8) is 0 Å². The van der Waals surface area contributed by atoms with E-state index in [2.05, 4.69) is 25.6 Å².